The van der Waals surface area contributed by atoms with Gasteiger partial charge in [0, 0.05) is 42.2 Å². The Balaban J connectivity index is 2.05. The molecule has 0 aliphatic carbocycles. The van der Waals surface area contributed by atoms with E-state index >= 15 is 0 Å². The van der Waals surface area contributed by atoms with Gasteiger partial charge in [0.1, 0.15) is 22.5 Å². The molecule has 8 heteroatoms. The van der Waals surface area contributed by atoms with E-state index in [0.29, 0.717) is 28.6 Å². The van der Waals surface area contributed by atoms with E-state index in [-0.39, 0.29) is 24.0 Å². The molecule has 0 aliphatic heterocycles. The Morgan fingerprint density at radius 1 is 1.17 bits per heavy atom. The molecule has 0 bridgehead atoms. The quantitative estimate of drug-likeness (QED) is 0.510. The summed E-state index contributed by atoms with van der Waals surface area (Å²) >= 11 is 1.21. The molecule has 0 radical (unpaired) electrons. The van der Waals surface area contributed by atoms with Crippen molar-refractivity contribution in [3.8, 4) is 0 Å². The van der Waals surface area contributed by atoms with Crippen LogP contribution in [0.4, 0.5) is 8.78 Å². The number of pyridine rings is 1. The van der Waals surface area contributed by atoms with Crippen LogP contribution in [0.3, 0.4) is 0 Å². The molecule has 3 N–H and O–H groups in total. The Bertz CT molecular complexity index is 992. The summed E-state index contributed by atoms with van der Waals surface area (Å²) in [6.45, 7) is 4.14. The van der Waals surface area contributed by atoms with Crippen LogP contribution in [-0.2, 0) is 6.42 Å². The summed E-state index contributed by atoms with van der Waals surface area (Å²) in [4.78, 5) is 22.6. The van der Waals surface area contributed by atoms with E-state index in [0.717, 1.165) is 17.3 Å². The average Bonchev–Trinajstić information content (AvgIpc) is 3.03. The lowest BCUT2D eigenvalue weighted by atomic mass is 9.87. The molecule has 2 heterocycles. The van der Waals surface area contributed by atoms with Crippen molar-refractivity contribution in [1.29, 1.82) is 0 Å². The first kappa shape index (κ1) is 21.3. The molecule has 3 rings (SSSR count). The van der Waals surface area contributed by atoms with Gasteiger partial charge in [-0.1, -0.05) is 31.7 Å². The maximum Gasteiger partial charge on any atom is 0.247 e. The highest BCUT2D eigenvalue weighted by atomic mass is 32.2. The first-order valence-electron chi connectivity index (χ1n) is 9.39. The van der Waals surface area contributed by atoms with E-state index in [1.807, 2.05) is 13.8 Å². The van der Waals surface area contributed by atoms with Gasteiger partial charge >= 0.3 is 0 Å². The van der Waals surface area contributed by atoms with Crippen molar-refractivity contribution in [1.82, 2.24) is 15.0 Å². The van der Waals surface area contributed by atoms with Crippen molar-refractivity contribution in [2.24, 2.45) is 5.92 Å². The molecule has 3 aromatic rings. The highest BCUT2D eigenvalue weighted by molar-refractivity contribution is 7.99. The van der Waals surface area contributed by atoms with E-state index in [1.54, 1.807) is 12.3 Å². The predicted octanol–water partition coefficient (Wildman–Crippen LogP) is 4.24. The number of imidazole rings is 1. The lowest BCUT2D eigenvalue weighted by Gasteiger charge is -2.20. The number of aliphatic hydroxyl groups excluding tert-OH is 1. The molecule has 2 aromatic heterocycles. The minimum absolute atomic E-state index is 0.0428. The number of hydrogen-bond donors (Lipinski definition) is 3. The maximum atomic E-state index is 13.7. The summed E-state index contributed by atoms with van der Waals surface area (Å²) in [6, 6.07) is 6.62. The van der Waals surface area contributed by atoms with Gasteiger partial charge in [0.05, 0.1) is 5.69 Å². The topological polar surface area (TPSA) is 81.8 Å². The van der Waals surface area contributed by atoms with Crippen LogP contribution < -0.4 is 5.56 Å². The molecule has 0 saturated heterocycles. The van der Waals surface area contributed by atoms with Gasteiger partial charge in [0.25, 0.3) is 0 Å². The summed E-state index contributed by atoms with van der Waals surface area (Å²) in [6.07, 6.45) is 2.78. The number of aromatic amines is 2. The number of aryl methyl sites for hydroxylation is 1. The Morgan fingerprint density at radius 3 is 2.48 bits per heavy atom. The Hall–Kier alpha value is -2.45. The molecule has 0 saturated carbocycles. The Kier molecular flexibility index (Phi) is 6.87. The van der Waals surface area contributed by atoms with E-state index < -0.39 is 11.6 Å². The molecule has 29 heavy (non-hydrogen) atoms. The number of aromatic nitrogens is 3. The second-order valence-electron chi connectivity index (χ2n) is 7.14. The van der Waals surface area contributed by atoms with E-state index in [2.05, 4.69) is 9.97 Å². The maximum absolute atomic E-state index is 13.7. The lowest BCUT2D eigenvalue weighted by Crippen LogP contribution is -2.13. The van der Waals surface area contributed by atoms with Crippen molar-refractivity contribution in [2.45, 2.75) is 42.5 Å². The summed E-state index contributed by atoms with van der Waals surface area (Å²) < 4.78 is 27.3. The smallest absolute Gasteiger partial charge is 0.247 e. The normalized spacial score (nSPS) is 12.5. The van der Waals surface area contributed by atoms with Crippen molar-refractivity contribution >= 4 is 11.8 Å². The number of nitrogens with zero attached hydrogens (tertiary/aromatic N) is 1. The van der Waals surface area contributed by atoms with Gasteiger partial charge in [-0.3, -0.25) is 4.79 Å². The molecular formula is C21H23F2N3O2S. The molecule has 1 unspecified atom stereocenters. The van der Waals surface area contributed by atoms with Gasteiger partial charge in [-0.2, -0.15) is 0 Å². The monoisotopic (exact) mass is 419 g/mol. The van der Waals surface area contributed by atoms with Crippen LogP contribution in [0.5, 0.6) is 0 Å². The first-order valence-corrected chi connectivity index (χ1v) is 10.2. The molecule has 0 fully saturated rings. The summed E-state index contributed by atoms with van der Waals surface area (Å²) in [5.41, 5.74) is 1.45. The zero-order valence-corrected chi connectivity index (χ0v) is 17.0. The fourth-order valence-corrected chi connectivity index (χ4v) is 4.28. The third-order valence-electron chi connectivity index (χ3n) is 4.50. The van der Waals surface area contributed by atoms with Crippen molar-refractivity contribution in [3.63, 3.8) is 0 Å². The number of aliphatic hydroxyl groups is 1. The predicted molar refractivity (Wildman–Crippen MR) is 108 cm³/mol. The second-order valence-corrected chi connectivity index (χ2v) is 8.22. The molecule has 1 atom stereocenters. The first-order chi connectivity index (χ1) is 13.9. The molecule has 0 aliphatic rings. The Labute approximate surface area is 171 Å². The van der Waals surface area contributed by atoms with Crippen LogP contribution in [0.25, 0.3) is 0 Å². The van der Waals surface area contributed by atoms with Crippen LogP contribution in [0.1, 0.15) is 43.3 Å². The van der Waals surface area contributed by atoms with Gasteiger partial charge in [-0.15, -0.1) is 0 Å². The number of nitrogens with one attached hydrogen (secondary N) is 2. The largest absolute Gasteiger partial charge is 0.396 e. The molecule has 0 spiro atoms. The molecule has 1 aromatic carbocycles. The minimum Gasteiger partial charge on any atom is -0.396 e. The standard InChI is InChI=1S/C21H23F2N3O2S/c1-12(2)19(13-5-6-18(28)24-11-13)20-21(26-17(25-20)4-3-7-27)29-16-9-14(22)8-15(23)10-16/h5-6,8-12,19,27H,3-4,7H2,1-2H3,(H,24,28)(H,25,26). The number of H-pyrrole nitrogens is 2. The fourth-order valence-electron chi connectivity index (χ4n) is 3.25. The van der Waals surface area contributed by atoms with Gasteiger partial charge in [-0.25, -0.2) is 13.8 Å². The highest BCUT2D eigenvalue weighted by Crippen LogP contribution is 2.39. The number of rotatable bonds is 8. The van der Waals surface area contributed by atoms with Crippen LogP contribution in [-0.4, -0.2) is 26.7 Å². The SMILES string of the molecule is CC(C)C(c1ccc(=O)[nH]c1)c1nc(CCCO)[nH]c1Sc1cc(F)cc(F)c1. The number of hydrogen-bond acceptors (Lipinski definition) is 4. The van der Waals surface area contributed by atoms with E-state index in [1.165, 1.54) is 30.0 Å². The van der Waals surface area contributed by atoms with E-state index in [4.69, 9.17) is 10.1 Å². The van der Waals surface area contributed by atoms with Crippen molar-refractivity contribution in [2.75, 3.05) is 6.61 Å². The summed E-state index contributed by atoms with van der Waals surface area (Å²) in [5.74, 6) is -0.570. The van der Waals surface area contributed by atoms with Crippen LogP contribution in [0, 0.1) is 17.6 Å². The minimum atomic E-state index is -0.643. The van der Waals surface area contributed by atoms with Crippen LogP contribution >= 0.6 is 11.8 Å². The fraction of sp³-hybridized carbons (Fsp3) is 0.333. The summed E-state index contributed by atoms with van der Waals surface area (Å²) in [5, 5.41) is 9.83. The molecule has 5 nitrogen and oxygen atoms in total. The van der Waals surface area contributed by atoms with E-state index in [9.17, 15) is 13.6 Å². The van der Waals surface area contributed by atoms with Crippen LogP contribution in [0.15, 0.2) is 51.2 Å². The number of benzene rings is 1. The molecule has 0 amide bonds. The molecular weight excluding hydrogens is 396 g/mol. The Morgan fingerprint density at radius 2 is 1.90 bits per heavy atom. The van der Waals surface area contributed by atoms with Gasteiger partial charge < -0.3 is 15.1 Å². The van der Waals surface area contributed by atoms with Gasteiger partial charge in [-0.05, 0) is 30.0 Å². The average molecular weight is 419 g/mol. The highest BCUT2D eigenvalue weighted by Gasteiger charge is 2.26. The third kappa shape index (κ3) is 5.33. The van der Waals surface area contributed by atoms with Gasteiger partial charge in [0.2, 0.25) is 5.56 Å². The van der Waals surface area contributed by atoms with Gasteiger partial charge in [0.15, 0.2) is 0 Å². The van der Waals surface area contributed by atoms with Crippen molar-refractivity contribution < 1.29 is 13.9 Å². The zero-order chi connectivity index (χ0) is 21.0. The van der Waals surface area contributed by atoms with Crippen molar-refractivity contribution in [3.05, 3.63) is 75.6 Å². The second kappa shape index (κ2) is 9.37. The third-order valence-corrected chi connectivity index (χ3v) is 5.49. The molecule has 154 valence electrons. The summed E-state index contributed by atoms with van der Waals surface area (Å²) in [7, 11) is 0. The van der Waals surface area contributed by atoms with Crippen LogP contribution in [0.2, 0.25) is 0 Å². The number of halogens is 2. The zero-order valence-electron chi connectivity index (χ0n) is 16.2. The lowest BCUT2D eigenvalue weighted by molar-refractivity contribution is 0.287.